The second-order valence-corrected chi connectivity index (χ2v) is 5.27. The van der Waals surface area contributed by atoms with Crippen LogP contribution < -0.4 is 5.73 Å². The number of carbonyl (C=O) groups excluding carboxylic acids is 1. The van der Waals surface area contributed by atoms with Crippen LogP contribution >= 0.6 is 12.4 Å². The van der Waals surface area contributed by atoms with Crippen LogP contribution in [0.4, 0.5) is 0 Å². The lowest BCUT2D eigenvalue weighted by Gasteiger charge is -2.24. The molecule has 0 aliphatic heterocycles. The molecule has 0 spiro atoms. The summed E-state index contributed by atoms with van der Waals surface area (Å²) >= 11 is 0. The maximum absolute atomic E-state index is 12.3. The smallest absolute Gasteiger partial charge is 0.239 e. The van der Waals surface area contributed by atoms with Crippen molar-refractivity contribution in [3.63, 3.8) is 0 Å². The van der Waals surface area contributed by atoms with Crippen molar-refractivity contribution in [2.45, 2.75) is 25.9 Å². The number of halogens is 1. The first kappa shape index (κ1) is 18.2. The lowest BCUT2D eigenvalue weighted by atomic mass is 10.1. The van der Waals surface area contributed by atoms with Crippen molar-refractivity contribution in [3.05, 3.63) is 71.8 Å². The predicted molar refractivity (Wildman–Crippen MR) is 92.9 cm³/mol. The molecule has 0 saturated heterocycles. The van der Waals surface area contributed by atoms with Crippen LogP contribution in [0.2, 0.25) is 0 Å². The number of nitrogens with two attached hydrogens (primary N) is 1. The molecule has 0 unspecified atom stereocenters. The molecule has 1 atom stereocenters. The van der Waals surface area contributed by atoms with Gasteiger partial charge in [-0.05, 0) is 24.5 Å². The predicted octanol–water partition coefficient (Wildman–Crippen LogP) is 3.03. The van der Waals surface area contributed by atoms with Gasteiger partial charge in [0.1, 0.15) is 0 Å². The van der Waals surface area contributed by atoms with E-state index >= 15 is 0 Å². The topological polar surface area (TPSA) is 46.3 Å². The largest absolute Gasteiger partial charge is 0.337 e. The summed E-state index contributed by atoms with van der Waals surface area (Å²) in [5.74, 6) is -0.00483. The quantitative estimate of drug-likeness (QED) is 0.890. The molecule has 0 aliphatic rings. The second kappa shape index (κ2) is 9.23. The second-order valence-electron chi connectivity index (χ2n) is 5.27. The summed E-state index contributed by atoms with van der Waals surface area (Å²) in [6.07, 6.45) is 0.839. The number of hydrogen-bond donors (Lipinski definition) is 1. The van der Waals surface area contributed by atoms with E-state index in [4.69, 9.17) is 5.73 Å². The van der Waals surface area contributed by atoms with Crippen LogP contribution in [0.1, 0.15) is 18.1 Å². The lowest BCUT2D eigenvalue weighted by Crippen LogP contribution is -2.42. The van der Waals surface area contributed by atoms with Gasteiger partial charge in [-0.15, -0.1) is 12.4 Å². The first-order valence-electron chi connectivity index (χ1n) is 7.29. The molecule has 22 heavy (non-hydrogen) atoms. The summed E-state index contributed by atoms with van der Waals surface area (Å²) in [4.78, 5) is 14.1. The van der Waals surface area contributed by atoms with Crippen LogP contribution in [0.5, 0.6) is 0 Å². The minimum Gasteiger partial charge on any atom is -0.337 e. The van der Waals surface area contributed by atoms with Crippen LogP contribution in [-0.4, -0.2) is 23.4 Å². The van der Waals surface area contributed by atoms with Gasteiger partial charge in [0.15, 0.2) is 0 Å². The SMILES string of the molecule is C[C@H](N)C(=O)N(CCc1ccccc1)Cc1ccccc1.Cl. The molecule has 0 fully saturated rings. The summed E-state index contributed by atoms with van der Waals surface area (Å²) in [6.45, 7) is 3.02. The maximum atomic E-state index is 12.3. The van der Waals surface area contributed by atoms with E-state index < -0.39 is 6.04 Å². The molecule has 0 bridgehead atoms. The Kier molecular flexibility index (Phi) is 7.64. The van der Waals surface area contributed by atoms with Crippen LogP contribution in [-0.2, 0) is 17.8 Å². The van der Waals surface area contributed by atoms with E-state index in [9.17, 15) is 4.79 Å². The third kappa shape index (κ3) is 5.51. The third-order valence-corrected chi connectivity index (χ3v) is 3.43. The lowest BCUT2D eigenvalue weighted by molar-refractivity contribution is -0.132. The average Bonchev–Trinajstić information content (AvgIpc) is 2.52. The Morgan fingerprint density at radius 1 is 1.00 bits per heavy atom. The van der Waals surface area contributed by atoms with E-state index in [2.05, 4.69) is 12.1 Å². The molecular weight excluding hydrogens is 296 g/mol. The third-order valence-electron chi connectivity index (χ3n) is 3.43. The van der Waals surface area contributed by atoms with E-state index in [1.165, 1.54) is 5.56 Å². The zero-order valence-electron chi connectivity index (χ0n) is 12.8. The molecule has 0 heterocycles. The fourth-order valence-corrected chi connectivity index (χ4v) is 2.27. The van der Waals surface area contributed by atoms with Gasteiger partial charge in [-0.25, -0.2) is 0 Å². The molecule has 3 nitrogen and oxygen atoms in total. The normalized spacial score (nSPS) is 11.4. The van der Waals surface area contributed by atoms with Crippen molar-refractivity contribution < 1.29 is 4.79 Å². The monoisotopic (exact) mass is 318 g/mol. The van der Waals surface area contributed by atoms with Crippen molar-refractivity contribution in [2.75, 3.05) is 6.54 Å². The van der Waals surface area contributed by atoms with Crippen molar-refractivity contribution in [3.8, 4) is 0 Å². The highest BCUT2D eigenvalue weighted by Crippen LogP contribution is 2.08. The fraction of sp³-hybridized carbons (Fsp3) is 0.278. The Bertz CT molecular complexity index is 558. The van der Waals surface area contributed by atoms with Gasteiger partial charge in [-0.1, -0.05) is 60.7 Å². The van der Waals surface area contributed by atoms with Crippen LogP contribution in [0.3, 0.4) is 0 Å². The summed E-state index contributed by atoms with van der Waals surface area (Å²) in [5.41, 5.74) is 8.12. The van der Waals surface area contributed by atoms with Crippen LogP contribution in [0.15, 0.2) is 60.7 Å². The zero-order valence-corrected chi connectivity index (χ0v) is 13.6. The van der Waals surface area contributed by atoms with Crippen molar-refractivity contribution >= 4 is 18.3 Å². The Morgan fingerprint density at radius 3 is 2.00 bits per heavy atom. The number of hydrogen-bond acceptors (Lipinski definition) is 2. The van der Waals surface area contributed by atoms with Crippen LogP contribution in [0.25, 0.3) is 0 Å². The van der Waals surface area contributed by atoms with Gasteiger partial charge in [0.25, 0.3) is 0 Å². The molecule has 0 saturated carbocycles. The van der Waals surface area contributed by atoms with E-state index in [0.29, 0.717) is 13.1 Å². The highest BCUT2D eigenvalue weighted by atomic mass is 35.5. The molecule has 118 valence electrons. The van der Waals surface area contributed by atoms with Gasteiger partial charge >= 0.3 is 0 Å². The Balaban J connectivity index is 0.00000242. The minimum absolute atomic E-state index is 0. The van der Waals surface area contributed by atoms with Gasteiger partial charge in [0, 0.05) is 13.1 Å². The van der Waals surface area contributed by atoms with Crippen molar-refractivity contribution in [2.24, 2.45) is 5.73 Å². The van der Waals surface area contributed by atoms with Crippen molar-refractivity contribution in [1.82, 2.24) is 4.90 Å². The van der Waals surface area contributed by atoms with Crippen LogP contribution in [0, 0.1) is 0 Å². The molecule has 1 amide bonds. The highest BCUT2D eigenvalue weighted by Gasteiger charge is 2.17. The molecule has 2 rings (SSSR count). The number of carbonyl (C=O) groups is 1. The maximum Gasteiger partial charge on any atom is 0.239 e. The summed E-state index contributed by atoms with van der Waals surface area (Å²) in [6, 6.07) is 19.7. The van der Waals surface area contributed by atoms with Gasteiger partial charge in [0.05, 0.1) is 6.04 Å². The summed E-state index contributed by atoms with van der Waals surface area (Å²) in [5, 5.41) is 0. The van der Waals surface area contributed by atoms with Gasteiger partial charge in [-0.2, -0.15) is 0 Å². The molecule has 2 N–H and O–H groups in total. The minimum atomic E-state index is -0.468. The standard InChI is InChI=1S/C18H22N2O.ClH/c1-15(19)18(21)20(14-17-10-6-3-7-11-17)13-12-16-8-4-2-5-9-16;/h2-11,15H,12-14,19H2,1H3;1H/t15-;/m0./s1. The fourth-order valence-electron chi connectivity index (χ4n) is 2.27. The van der Waals surface area contributed by atoms with E-state index in [1.54, 1.807) is 6.92 Å². The Morgan fingerprint density at radius 2 is 1.50 bits per heavy atom. The molecular formula is C18H23ClN2O. The number of amides is 1. The molecule has 4 heteroatoms. The first-order valence-corrected chi connectivity index (χ1v) is 7.29. The van der Waals surface area contributed by atoms with E-state index in [1.807, 2.05) is 53.4 Å². The zero-order chi connectivity index (χ0) is 15.1. The average molecular weight is 319 g/mol. The van der Waals surface area contributed by atoms with Gasteiger partial charge < -0.3 is 10.6 Å². The summed E-state index contributed by atoms with van der Waals surface area (Å²) < 4.78 is 0. The van der Waals surface area contributed by atoms with Crippen molar-refractivity contribution in [1.29, 1.82) is 0 Å². The molecule has 0 aliphatic carbocycles. The van der Waals surface area contributed by atoms with Gasteiger partial charge in [-0.3, -0.25) is 4.79 Å². The highest BCUT2D eigenvalue weighted by molar-refractivity contribution is 5.85. The van der Waals surface area contributed by atoms with E-state index in [-0.39, 0.29) is 18.3 Å². The first-order chi connectivity index (χ1) is 10.2. The molecule has 0 aromatic heterocycles. The number of benzene rings is 2. The Labute approximate surface area is 138 Å². The molecule has 2 aromatic rings. The molecule has 2 aromatic carbocycles. The van der Waals surface area contributed by atoms with E-state index in [0.717, 1.165) is 12.0 Å². The number of nitrogens with zero attached hydrogens (tertiary/aromatic N) is 1. The van der Waals surface area contributed by atoms with Gasteiger partial charge in [0.2, 0.25) is 5.91 Å². The Hall–Kier alpha value is -1.84. The summed E-state index contributed by atoms with van der Waals surface area (Å²) in [7, 11) is 0. The number of rotatable bonds is 6. The molecule has 0 radical (unpaired) electrons.